The van der Waals surface area contributed by atoms with Crippen LogP contribution in [0.3, 0.4) is 0 Å². The molecular weight excluding hydrogens is 154 g/mol. The molecule has 0 aromatic heterocycles. The number of carbonyl (C=O) groups is 1. The van der Waals surface area contributed by atoms with Gasteiger partial charge in [0.25, 0.3) is 0 Å². The van der Waals surface area contributed by atoms with Crippen molar-refractivity contribution in [2.75, 3.05) is 0 Å². The van der Waals surface area contributed by atoms with E-state index in [0.717, 1.165) is 32.1 Å². The van der Waals surface area contributed by atoms with Gasteiger partial charge in [-0.2, -0.15) is 0 Å². The number of aliphatic carboxylic acids is 1. The molecule has 3 rings (SSSR count). The Morgan fingerprint density at radius 3 is 2.33 bits per heavy atom. The van der Waals surface area contributed by atoms with E-state index < -0.39 is 5.97 Å². The zero-order valence-electron chi connectivity index (χ0n) is 7.12. The number of carboxylic acid groups (broad SMARTS) is 1. The number of nitrogens with two attached hydrogens (primary N) is 1. The monoisotopic (exact) mass is 169 g/mol. The highest BCUT2D eigenvalue weighted by Gasteiger charge is 2.48. The molecule has 2 bridgehead atoms. The fourth-order valence-corrected chi connectivity index (χ4v) is 2.71. The van der Waals surface area contributed by atoms with Crippen molar-refractivity contribution >= 4 is 5.97 Å². The van der Waals surface area contributed by atoms with Crippen LogP contribution in [-0.4, -0.2) is 16.6 Å². The van der Waals surface area contributed by atoms with Crippen LogP contribution in [0.25, 0.3) is 0 Å². The van der Waals surface area contributed by atoms with E-state index >= 15 is 0 Å². The summed E-state index contributed by atoms with van der Waals surface area (Å²) in [7, 11) is 0. The number of fused-ring (bicyclic) bond motifs is 3. The summed E-state index contributed by atoms with van der Waals surface area (Å²) >= 11 is 0. The predicted octanol–water partition coefficient (Wildman–Crippen LogP) is 0.979. The lowest BCUT2D eigenvalue weighted by Crippen LogP contribution is -2.57. The standard InChI is InChI=1S/C9H15NO2/c10-9-3-1-6(2-4-9)5-7(9)8(11)12/h6-7H,1-5,10H2,(H,11,12). The summed E-state index contributed by atoms with van der Waals surface area (Å²) in [5.41, 5.74) is 5.69. The fourth-order valence-electron chi connectivity index (χ4n) is 2.71. The molecule has 3 fully saturated rings. The Kier molecular flexibility index (Phi) is 1.65. The summed E-state index contributed by atoms with van der Waals surface area (Å²) in [5.74, 6) is -0.330. The molecule has 12 heavy (non-hydrogen) atoms. The van der Waals surface area contributed by atoms with Crippen molar-refractivity contribution in [2.45, 2.75) is 37.6 Å². The predicted molar refractivity (Wildman–Crippen MR) is 44.6 cm³/mol. The summed E-state index contributed by atoms with van der Waals surface area (Å²) in [6.45, 7) is 0. The molecule has 3 aliphatic rings. The maximum Gasteiger partial charge on any atom is 0.308 e. The van der Waals surface area contributed by atoms with Crippen molar-refractivity contribution in [3.05, 3.63) is 0 Å². The van der Waals surface area contributed by atoms with E-state index in [4.69, 9.17) is 10.8 Å². The first-order valence-corrected chi connectivity index (χ1v) is 4.63. The van der Waals surface area contributed by atoms with Crippen LogP contribution >= 0.6 is 0 Å². The van der Waals surface area contributed by atoms with Gasteiger partial charge in [0, 0.05) is 5.54 Å². The second kappa shape index (κ2) is 2.46. The molecule has 68 valence electrons. The third-order valence-electron chi connectivity index (χ3n) is 3.60. The van der Waals surface area contributed by atoms with Crippen molar-refractivity contribution in [3.63, 3.8) is 0 Å². The maximum absolute atomic E-state index is 10.9. The molecule has 3 N–H and O–H groups in total. The van der Waals surface area contributed by atoms with E-state index in [2.05, 4.69) is 0 Å². The molecule has 3 saturated carbocycles. The van der Waals surface area contributed by atoms with Gasteiger partial charge in [-0.15, -0.1) is 0 Å². The van der Waals surface area contributed by atoms with E-state index in [9.17, 15) is 4.79 Å². The van der Waals surface area contributed by atoms with Crippen LogP contribution in [0, 0.1) is 11.8 Å². The molecule has 0 saturated heterocycles. The molecule has 3 nitrogen and oxygen atoms in total. The molecule has 0 aliphatic heterocycles. The second-order valence-corrected chi connectivity index (χ2v) is 4.30. The first kappa shape index (κ1) is 8.05. The highest BCUT2D eigenvalue weighted by Crippen LogP contribution is 2.46. The van der Waals surface area contributed by atoms with Crippen LogP contribution in [0.1, 0.15) is 32.1 Å². The largest absolute Gasteiger partial charge is 0.481 e. The molecular formula is C9H15NO2. The third-order valence-corrected chi connectivity index (χ3v) is 3.60. The molecule has 1 unspecified atom stereocenters. The number of rotatable bonds is 1. The van der Waals surface area contributed by atoms with Crippen LogP contribution < -0.4 is 5.73 Å². The molecule has 0 amide bonds. The molecule has 0 heterocycles. The summed E-state index contributed by atoms with van der Waals surface area (Å²) in [6, 6.07) is 0. The lowest BCUT2D eigenvalue weighted by Gasteiger charge is -2.48. The lowest BCUT2D eigenvalue weighted by atomic mass is 9.60. The van der Waals surface area contributed by atoms with Gasteiger partial charge in [-0.1, -0.05) is 0 Å². The Bertz CT molecular complexity index is 207. The van der Waals surface area contributed by atoms with Crippen molar-refractivity contribution in [2.24, 2.45) is 17.6 Å². The van der Waals surface area contributed by atoms with Gasteiger partial charge in [-0.05, 0) is 38.0 Å². The highest BCUT2D eigenvalue weighted by atomic mass is 16.4. The minimum absolute atomic E-state index is 0.273. The molecule has 0 spiro atoms. The third kappa shape index (κ3) is 1.04. The number of hydrogen-bond acceptors (Lipinski definition) is 2. The lowest BCUT2D eigenvalue weighted by molar-refractivity contribution is -0.148. The Morgan fingerprint density at radius 2 is 2.00 bits per heavy atom. The Balaban J connectivity index is 2.20. The molecule has 0 aromatic rings. The van der Waals surface area contributed by atoms with Gasteiger partial charge < -0.3 is 10.8 Å². The first-order valence-electron chi connectivity index (χ1n) is 4.63. The van der Waals surface area contributed by atoms with E-state index in [0.29, 0.717) is 5.92 Å². The molecule has 0 radical (unpaired) electrons. The molecule has 3 aliphatic carbocycles. The Labute approximate surface area is 71.9 Å². The summed E-state index contributed by atoms with van der Waals surface area (Å²) in [4.78, 5) is 10.9. The summed E-state index contributed by atoms with van der Waals surface area (Å²) < 4.78 is 0. The first-order chi connectivity index (χ1) is 5.62. The van der Waals surface area contributed by atoms with Gasteiger partial charge in [0.05, 0.1) is 5.92 Å². The SMILES string of the molecule is NC12CCC(CC1)CC2C(=O)O. The average molecular weight is 169 g/mol. The van der Waals surface area contributed by atoms with Gasteiger partial charge in [0.1, 0.15) is 0 Å². The smallest absolute Gasteiger partial charge is 0.308 e. The Morgan fingerprint density at radius 1 is 1.42 bits per heavy atom. The quantitative estimate of drug-likeness (QED) is 0.615. The van der Waals surface area contributed by atoms with Crippen molar-refractivity contribution in [3.8, 4) is 0 Å². The van der Waals surface area contributed by atoms with Crippen molar-refractivity contribution in [1.29, 1.82) is 0 Å². The van der Waals surface area contributed by atoms with Gasteiger partial charge in [0.15, 0.2) is 0 Å². The minimum Gasteiger partial charge on any atom is -0.481 e. The van der Waals surface area contributed by atoms with Crippen LogP contribution in [0.2, 0.25) is 0 Å². The van der Waals surface area contributed by atoms with Crippen LogP contribution in [0.5, 0.6) is 0 Å². The van der Waals surface area contributed by atoms with E-state index in [1.54, 1.807) is 0 Å². The normalized spacial score (nSPS) is 46.1. The van der Waals surface area contributed by atoms with Crippen LogP contribution in [-0.2, 0) is 4.79 Å². The zero-order chi connectivity index (χ0) is 8.77. The summed E-state index contributed by atoms with van der Waals surface area (Å²) in [5, 5.41) is 8.95. The number of hydrogen-bond donors (Lipinski definition) is 2. The average Bonchev–Trinajstić information content (AvgIpc) is 2.04. The van der Waals surface area contributed by atoms with Crippen LogP contribution in [0.4, 0.5) is 0 Å². The van der Waals surface area contributed by atoms with E-state index in [1.807, 2.05) is 0 Å². The fraction of sp³-hybridized carbons (Fsp3) is 0.889. The van der Waals surface area contributed by atoms with E-state index in [-0.39, 0.29) is 11.5 Å². The van der Waals surface area contributed by atoms with Gasteiger partial charge >= 0.3 is 5.97 Å². The van der Waals surface area contributed by atoms with Gasteiger partial charge in [-0.3, -0.25) is 4.79 Å². The topological polar surface area (TPSA) is 63.3 Å². The van der Waals surface area contributed by atoms with Gasteiger partial charge in [-0.25, -0.2) is 0 Å². The number of carboxylic acids is 1. The van der Waals surface area contributed by atoms with Crippen molar-refractivity contribution in [1.82, 2.24) is 0 Å². The zero-order valence-corrected chi connectivity index (χ0v) is 7.12. The molecule has 1 atom stereocenters. The minimum atomic E-state index is -0.693. The van der Waals surface area contributed by atoms with Crippen molar-refractivity contribution < 1.29 is 9.90 Å². The summed E-state index contributed by atoms with van der Waals surface area (Å²) in [6.07, 6.45) is 4.91. The van der Waals surface area contributed by atoms with Gasteiger partial charge in [0.2, 0.25) is 0 Å². The molecule has 3 heteroatoms. The second-order valence-electron chi connectivity index (χ2n) is 4.30. The highest BCUT2D eigenvalue weighted by molar-refractivity contribution is 5.72. The van der Waals surface area contributed by atoms with Crippen LogP contribution in [0.15, 0.2) is 0 Å². The molecule has 0 aromatic carbocycles. The maximum atomic E-state index is 10.9. The van der Waals surface area contributed by atoms with E-state index in [1.165, 1.54) is 0 Å². The Hall–Kier alpha value is -0.570.